The van der Waals surface area contributed by atoms with Crippen molar-refractivity contribution >= 4 is 17.5 Å². The van der Waals surface area contributed by atoms with Gasteiger partial charge in [0.05, 0.1) is 18.1 Å². The van der Waals surface area contributed by atoms with Gasteiger partial charge in [0.2, 0.25) is 0 Å². The lowest BCUT2D eigenvalue weighted by atomic mass is 9.95. The molecule has 0 radical (unpaired) electrons. The molecule has 0 N–H and O–H groups in total. The average molecular weight is 252 g/mol. The Labute approximate surface area is 104 Å². The van der Waals surface area contributed by atoms with E-state index in [1.807, 2.05) is 0 Å². The topological polar surface area (TPSA) is 60.4 Å². The second-order valence-electron chi connectivity index (χ2n) is 3.65. The third-order valence-electron chi connectivity index (χ3n) is 2.40. The van der Waals surface area contributed by atoms with Gasteiger partial charge < -0.3 is 4.74 Å². The highest BCUT2D eigenvalue weighted by Crippen LogP contribution is 2.14. The van der Waals surface area contributed by atoms with E-state index in [1.54, 1.807) is 6.92 Å². The van der Waals surface area contributed by atoms with Crippen molar-refractivity contribution in [3.05, 3.63) is 35.6 Å². The summed E-state index contributed by atoms with van der Waals surface area (Å²) in [6, 6.07) is 5.31. The molecule has 96 valence electrons. The molecule has 0 aliphatic carbocycles. The Morgan fingerprint density at radius 2 is 1.89 bits per heavy atom. The quantitative estimate of drug-likeness (QED) is 0.347. The number of halogens is 1. The molecule has 0 saturated carbocycles. The third-order valence-corrected chi connectivity index (χ3v) is 2.40. The second-order valence-corrected chi connectivity index (χ2v) is 3.65. The van der Waals surface area contributed by atoms with Crippen LogP contribution in [0, 0.1) is 11.7 Å². The first-order valence-corrected chi connectivity index (χ1v) is 5.48. The minimum Gasteiger partial charge on any atom is -0.460 e. The minimum absolute atomic E-state index is 0.0468. The van der Waals surface area contributed by atoms with Gasteiger partial charge in [0.15, 0.2) is 5.78 Å². The fraction of sp³-hybridized carbons (Fsp3) is 0.308. The van der Waals surface area contributed by atoms with Crippen LogP contribution in [0.3, 0.4) is 0 Å². The summed E-state index contributed by atoms with van der Waals surface area (Å²) in [4.78, 5) is 34.6. The van der Waals surface area contributed by atoms with Crippen LogP contribution < -0.4 is 0 Å². The van der Waals surface area contributed by atoms with E-state index in [9.17, 15) is 18.8 Å². The first-order chi connectivity index (χ1) is 8.49. The molecular formula is C13H13FO4. The maximum Gasteiger partial charge on any atom is 0.375 e. The molecule has 5 heteroatoms. The first kappa shape index (κ1) is 14.0. The van der Waals surface area contributed by atoms with Gasteiger partial charge >= 0.3 is 5.97 Å². The Kier molecular flexibility index (Phi) is 4.71. The molecule has 0 spiro atoms. The molecule has 1 aromatic carbocycles. The summed E-state index contributed by atoms with van der Waals surface area (Å²) in [5.74, 6) is -4.74. The molecule has 0 aliphatic rings. The average Bonchev–Trinajstić information content (AvgIpc) is 2.37. The Bertz CT molecular complexity index is 482. The number of ketones is 2. The zero-order chi connectivity index (χ0) is 13.7. The fourth-order valence-electron chi connectivity index (χ4n) is 1.39. The van der Waals surface area contributed by atoms with E-state index in [-0.39, 0.29) is 12.2 Å². The highest BCUT2D eigenvalue weighted by molar-refractivity contribution is 6.39. The van der Waals surface area contributed by atoms with Crippen LogP contribution in [-0.2, 0) is 14.3 Å². The highest BCUT2D eigenvalue weighted by atomic mass is 19.1. The number of benzene rings is 1. The van der Waals surface area contributed by atoms with Crippen LogP contribution in [0.1, 0.15) is 24.2 Å². The molecule has 18 heavy (non-hydrogen) atoms. The molecule has 0 heterocycles. The van der Waals surface area contributed by atoms with Crippen LogP contribution >= 0.6 is 0 Å². The number of carbonyl (C=O) groups is 3. The van der Waals surface area contributed by atoms with Crippen molar-refractivity contribution in [2.45, 2.75) is 13.8 Å². The van der Waals surface area contributed by atoms with Crippen LogP contribution in [0.5, 0.6) is 0 Å². The first-order valence-electron chi connectivity index (χ1n) is 5.48. The van der Waals surface area contributed by atoms with Crippen LogP contribution in [0.2, 0.25) is 0 Å². The molecule has 1 rings (SSSR count). The SMILES string of the molecule is CCOC(=O)C(=O)C(C)C(=O)c1ccccc1F. The Balaban J connectivity index is 2.88. The zero-order valence-corrected chi connectivity index (χ0v) is 10.1. The molecule has 1 atom stereocenters. The molecule has 0 amide bonds. The minimum atomic E-state index is -1.25. The zero-order valence-electron chi connectivity index (χ0n) is 10.1. The predicted octanol–water partition coefficient (Wildman–Crippen LogP) is 1.78. The number of carbonyl (C=O) groups excluding carboxylic acids is 3. The lowest BCUT2D eigenvalue weighted by Crippen LogP contribution is -2.30. The molecule has 1 unspecified atom stereocenters. The van der Waals surface area contributed by atoms with Crippen LogP contribution in [-0.4, -0.2) is 24.1 Å². The number of hydrogen-bond acceptors (Lipinski definition) is 4. The van der Waals surface area contributed by atoms with Crippen molar-refractivity contribution in [2.75, 3.05) is 6.61 Å². The molecule has 0 bridgehead atoms. The smallest absolute Gasteiger partial charge is 0.375 e. The van der Waals surface area contributed by atoms with E-state index in [4.69, 9.17) is 0 Å². The van der Waals surface area contributed by atoms with Crippen LogP contribution in [0.4, 0.5) is 4.39 Å². The van der Waals surface area contributed by atoms with Crippen LogP contribution in [0.15, 0.2) is 24.3 Å². The van der Waals surface area contributed by atoms with Gasteiger partial charge in [0.1, 0.15) is 5.82 Å². The van der Waals surface area contributed by atoms with Gasteiger partial charge in [-0.25, -0.2) is 9.18 Å². The standard InChI is InChI=1S/C13H13FO4/c1-3-18-13(17)12(16)8(2)11(15)9-6-4-5-7-10(9)14/h4-8H,3H2,1-2H3. The summed E-state index contributed by atoms with van der Waals surface area (Å²) in [5, 5.41) is 0. The maximum absolute atomic E-state index is 13.4. The Morgan fingerprint density at radius 1 is 1.28 bits per heavy atom. The molecular weight excluding hydrogens is 239 g/mol. The van der Waals surface area contributed by atoms with E-state index >= 15 is 0 Å². The highest BCUT2D eigenvalue weighted by Gasteiger charge is 2.30. The van der Waals surface area contributed by atoms with Crippen molar-refractivity contribution in [3.63, 3.8) is 0 Å². The second kappa shape index (κ2) is 6.05. The van der Waals surface area contributed by atoms with E-state index in [1.165, 1.54) is 25.1 Å². The lowest BCUT2D eigenvalue weighted by molar-refractivity contribution is -0.154. The maximum atomic E-state index is 13.4. The molecule has 4 nitrogen and oxygen atoms in total. The van der Waals surface area contributed by atoms with Gasteiger partial charge in [-0.05, 0) is 26.0 Å². The molecule has 0 aliphatic heterocycles. The summed E-state index contributed by atoms with van der Waals surface area (Å²) in [6.45, 7) is 2.85. The largest absolute Gasteiger partial charge is 0.460 e. The van der Waals surface area contributed by atoms with Crippen molar-refractivity contribution < 1.29 is 23.5 Å². The third kappa shape index (κ3) is 3.00. The van der Waals surface area contributed by atoms with Crippen molar-refractivity contribution in [1.29, 1.82) is 0 Å². The number of hydrogen-bond donors (Lipinski definition) is 0. The van der Waals surface area contributed by atoms with Crippen molar-refractivity contribution in [3.8, 4) is 0 Å². The molecule has 0 aromatic heterocycles. The van der Waals surface area contributed by atoms with Gasteiger partial charge in [-0.3, -0.25) is 9.59 Å². The Hall–Kier alpha value is -2.04. The lowest BCUT2D eigenvalue weighted by Gasteiger charge is -2.09. The van der Waals surface area contributed by atoms with E-state index in [0.29, 0.717) is 0 Å². The Morgan fingerprint density at radius 3 is 2.44 bits per heavy atom. The van der Waals surface area contributed by atoms with Gasteiger partial charge in [0.25, 0.3) is 5.78 Å². The van der Waals surface area contributed by atoms with Crippen molar-refractivity contribution in [1.82, 2.24) is 0 Å². The van der Waals surface area contributed by atoms with Gasteiger partial charge in [0, 0.05) is 0 Å². The number of esters is 1. The van der Waals surface area contributed by atoms with E-state index in [0.717, 1.165) is 6.07 Å². The molecule has 0 saturated heterocycles. The van der Waals surface area contributed by atoms with E-state index < -0.39 is 29.3 Å². The monoisotopic (exact) mass is 252 g/mol. The van der Waals surface area contributed by atoms with Gasteiger partial charge in [-0.2, -0.15) is 0 Å². The number of rotatable bonds is 5. The normalized spacial score (nSPS) is 11.7. The summed E-state index contributed by atoms with van der Waals surface area (Å²) in [6.07, 6.45) is 0. The predicted molar refractivity (Wildman–Crippen MR) is 61.5 cm³/mol. The summed E-state index contributed by atoms with van der Waals surface area (Å²) in [5.41, 5.74) is -0.206. The molecule has 0 fully saturated rings. The summed E-state index contributed by atoms with van der Waals surface area (Å²) in [7, 11) is 0. The number of ether oxygens (including phenoxy) is 1. The van der Waals surface area contributed by atoms with E-state index in [2.05, 4.69) is 4.74 Å². The van der Waals surface area contributed by atoms with Gasteiger partial charge in [-0.1, -0.05) is 12.1 Å². The summed E-state index contributed by atoms with van der Waals surface area (Å²) < 4.78 is 17.9. The summed E-state index contributed by atoms with van der Waals surface area (Å²) >= 11 is 0. The van der Waals surface area contributed by atoms with Gasteiger partial charge in [-0.15, -0.1) is 0 Å². The van der Waals surface area contributed by atoms with Crippen LogP contribution in [0.25, 0.3) is 0 Å². The number of Topliss-reactive ketones (excluding diaryl/α,β-unsaturated/α-hetero) is 2. The molecule has 1 aromatic rings. The van der Waals surface area contributed by atoms with Crippen molar-refractivity contribution in [2.24, 2.45) is 5.92 Å². The fourth-order valence-corrected chi connectivity index (χ4v) is 1.39.